The lowest BCUT2D eigenvalue weighted by Crippen LogP contribution is -2.06. The average Bonchev–Trinajstić information content (AvgIpc) is 2.40. The van der Waals surface area contributed by atoms with E-state index < -0.39 is 0 Å². The molecule has 0 N–H and O–H groups in total. The molecule has 2 aromatic rings. The molecule has 0 saturated heterocycles. The maximum absolute atomic E-state index is 11.9. The van der Waals surface area contributed by atoms with Crippen LogP contribution in [0, 0.1) is 0 Å². The summed E-state index contributed by atoms with van der Waals surface area (Å²) in [6.07, 6.45) is 1.66. The molecule has 4 nitrogen and oxygen atoms in total. The largest absolute Gasteiger partial charge is 0.481 e. The van der Waals surface area contributed by atoms with Gasteiger partial charge in [0.25, 0.3) is 0 Å². The van der Waals surface area contributed by atoms with Gasteiger partial charge in [-0.3, -0.25) is 4.79 Å². The number of hydrogen-bond donors (Lipinski definition) is 0. The number of carbonyl (C=O) groups excluding carboxylic acids is 1. The third-order valence-corrected chi connectivity index (χ3v) is 2.34. The Balaban J connectivity index is 2.14. The molecule has 0 amide bonds. The van der Waals surface area contributed by atoms with Crippen molar-refractivity contribution in [2.75, 3.05) is 7.11 Å². The smallest absolute Gasteiger partial charge is 0.216 e. The molecule has 86 valence electrons. The first-order chi connectivity index (χ1) is 8.29. The van der Waals surface area contributed by atoms with E-state index in [4.69, 9.17) is 4.74 Å². The van der Waals surface area contributed by atoms with E-state index in [1.165, 1.54) is 13.4 Å². The van der Waals surface area contributed by atoms with Gasteiger partial charge < -0.3 is 4.74 Å². The molecule has 4 heteroatoms. The Kier molecular flexibility index (Phi) is 3.45. The standard InChI is InChI=1S/C13H12N2O2/c1-17-13-8-11(14-9-15-13)12(16)7-10-5-3-2-4-6-10/h2-6,8-9H,7H2,1H3. The predicted octanol–water partition coefficient (Wildman–Crippen LogP) is 1.91. The van der Waals surface area contributed by atoms with Crippen molar-refractivity contribution < 1.29 is 9.53 Å². The van der Waals surface area contributed by atoms with Gasteiger partial charge in [-0.05, 0) is 5.56 Å². The molecule has 17 heavy (non-hydrogen) atoms. The average molecular weight is 228 g/mol. The lowest BCUT2D eigenvalue weighted by atomic mass is 10.1. The first-order valence-corrected chi connectivity index (χ1v) is 5.23. The van der Waals surface area contributed by atoms with Crippen molar-refractivity contribution in [2.24, 2.45) is 0 Å². The lowest BCUT2D eigenvalue weighted by Gasteiger charge is -2.02. The minimum absolute atomic E-state index is 0.0445. The fraction of sp³-hybridized carbons (Fsp3) is 0.154. The van der Waals surface area contributed by atoms with Crippen molar-refractivity contribution in [1.29, 1.82) is 0 Å². The third-order valence-electron chi connectivity index (χ3n) is 2.34. The van der Waals surface area contributed by atoms with Gasteiger partial charge in [0.1, 0.15) is 12.0 Å². The van der Waals surface area contributed by atoms with Crippen molar-refractivity contribution in [2.45, 2.75) is 6.42 Å². The molecule has 0 radical (unpaired) electrons. The molecule has 0 unspecified atom stereocenters. The molecule has 0 fully saturated rings. The monoisotopic (exact) mass is 228 g/mol. The number of ketones is 1. The molecule has 0 aliphatic rings. The Hall–Kier alpha value is -2.23. The normalized spacial score (nSPS) is 9.94. The number of carbonyl (C=O) groups is 1. The van der Waals surface area contributed by atoms with Crippen molar-refractivity contribution in [3.63, 3.8) is 0 Å². The number of aromatic nitrogens is 2. The van der Waals surface area contributed by atoms with E-state index in [1.54, 1.807) is 6.07 Å². The number of rotatable bonds is 4. The number of benzene rings is 1. The molecule has 0 atom stereocenters. The summed E-state index contributed by atoms with van der Waals surface area (Å²) < 4.78 is 4.95. The molecular formula is C13H12N2O2. The van der Waals surface area contributed by atoms with Crippen LogP contribution in [0.15, 0.2) is 42.7 Å². The second-order valence-electron chi connectivity index (χ2n) is 3.53. The molecular weight excluding hydrogens is 216 g/mol. The summed E-state index contributed by atoms with van der Waals surface area (Å²) in [5.41, 5.74) is 1.34. The third kappa shape index (κ3) is 2.87. The first kappa shape index (κ1) is 11.3. The molecule has 0 saturated carbocycles. The first-order valence-electron chi connectivity index (χ1n) is 5.23. The number of hydrogen-bond acceptors (Lipinski definition) is 4. The van der Waals surface area contributed by atoms with E-state index in [1.807, 2.05) is 30.3 Å². The highest BCUT2D eigenvalue weighted by Gasteiger charge is 2.09. The molecule has 1 aromatic heterocycles. The number of nitrogens with zero attached hydrogens (tertiary/aromatic N) is 2. The molecule has 0 bridgehead atoms. The van der Waals surface area contributed by atoms with Crippen LogP contribution in [-0.2, 0) is 6.42 Å². The summed E-state index contributed by atoms with van der Waals surface area (Å²) >= 11 is 0. The fourth-order valence-electron chi connectivity index (χ4n) is 1.48. The summed E-state index contributed by atoms with van der Waals surface area (Å²) in [7, 11) is 1.51. The molecule has 2 rings (SSSR count). The van der Waals surface area contributed by atoms with E-state index in [-0.39, 0.29) is 5.78 Å². The van der Waals surface area contributed by atoms with Crippen LogP contribution in [0.3, 0.4) is 0 Å². The highest BCUT2D eigenvalue weighted by molar-refractivity contribution is 5.95. The highest BCUT2D eigenvalue weighted by atomic mass is 16.5. The lowest BCUT2D eigenvalue weighted by molar-refractivity contribution is 0.0987. The maximum atomic E-state index is 11.9. The van der Waals surface area contributed by atoms with Crippen LogP contribution >= 0.6 is 0 Å². The zero-order valence-electron chi connectivity index (χ0n) is 9.46. The van der Waals surface area contributed by atoms with E-state index in [0.717, 1.165) is 5.56 Å². The van der Waals surface area contributed by atoms with E-state index in [0.29, 0.717) is 18.0 Å². The molecule has 1 aromatic carbocycles. The van der Waals surface area contributed by atoms with Crippen LogP contribution in [0.2, 0.25) is 0 Å². The van der Waals surface area contributed by atoms with E-state index >= 15 is 0 Å². The van der Waals surface area contributed by atoms with Gasteiger partial charge >= 0.3 is 0 Å². The molecule has 0 spiro atoms. The van der Waals surface area contributed by atoms with E-state index in [2.05, 4.69) is 9.97 Å². The Morgan fingerprint density at radius 2 is 2.00 bits per heavy atom. The van der Waals surface area contributed by atoms with Gasteiger partial charge in [0.15, 0.2) is 5.78 Å². The Labute approximate surface area is 99.3 Å². The van der Waals surface area contributed by atoms with Crippen LogP contribution in [0.5, 0.6) is 5.88 Å². The predicted molar refractivity (Wildman–Crippen MR) is 63.1 cm³/mol. The zero-order chi connectivity index (χ0) is 12.1. The molecule has 1 heterocycles. The van der Waals surface area contributed by atoms with E-state index in [9.17, 15) is 4.79 Å². The Bertz CT molecular complexity index is 512. The second-order valence-corrected chi connectivity index (χ2v) is 3.53. The highest BCUT2D eigenvalue weighted by Crippen LogP contribution is 2.09. The number of methoxy groups -OCH3 is 1. The minimum atomic E-state index is -0.0445. The van der Waals surface area contributed by atoms with Gasteiger partial charge in [0, 0.05) is 12.5 Å². The van der Waals surface area contributed by atoms with Crippen LogP contribution < -0.4 is 4.74 Å². The minimum Gasteiger partial charge on any atom is -0.481 e. The fourth-order valence-corrected chi connectivity index (χ4v) is 1.48. The Morgan fingerprint density at radius 3 is 2.71 bits per heavy atom. The number of ether oxygens (including phenoxy) is 1. The maximum Gasteiger partial charge on any atom is 0.216 e. The SMILES string of the molecule is COc1cc(C(=O)Cc2ccccc2)ncn1. The van der Waals surface area contributed by atoms with Crippen LogP contribution in [0.1, 0.15) is 16.1 Å². The zero-order valence-corrected chi connectivity index (χ0v) is 9.46. The summed E-state index contributed by atoms with van der Waals surface area (Å²) in [5, 5.41) is 0. The Morgan fingerprint density at radius 1 is 1.24 bits per heavy atom. The molecule has 0 aliphatic heterocycles. The van der Waals surface area contributed by atoms with Gasteiger partial charge in [-0.25, -0.2) is 9.97 Å². The number of Topliss-reactive ketones (excluding diaryl/α,β-unsaturated/α-hetero) is 1. The van der Waals surface area contributed by atoms with Crippen molar-refractivity contribution in [3.8, 4) is 5.88 Å². The van der Waals surface area contributed by atoms with Gasteiger partial charge in [-0.2, -0.15) is 0 Å². The summed E-state index contributed by atoms with van der Waals surface area (Å²) in [5.74, 6) is 0.355. The van der Waals surface area contributed by atoms with Gasteiger partial charge in [0.2, 0.25) is 5.88 Å². The second kappa shape index (κ2) is 5.21. The van der Waals surface area contributed by atoms with Crippen molar-refractivity contribution in [3.05, 3.63) is 54.0 Å². The summed E-state index contributed by atoms with van der Waals surface area (Å²) in [6.45, 7) is 0. The summed E-state index contributed by atoms with van der Waals surface area (Å²) in [4.78, 5) is 19.7. The summed E-state index contributed by atoms with van der Waals surface area (Å²) in [6, 6.07) is 11.1. The quantitative estimate of drug-likeness (QED) is 0.750. The van der Waals surface area contributed by atoms with Crippen molar-refractivity contribution in [1.82, 2.24) is 9.97 Å². The van der Waals surface area contributed by atoms with Crippen LogP contribution in [0.4, 0.5) is 0 Å². The topological polar surface area (TPSA) is 52.1 Å². The molecule has 0 aliphatic carbocycles. The van der Waals surface area contributed by atoms with Gasteiger partial charge in [-0.15, -0.1) is 0 Å². The van der Waals surface area contributed by atoms with Crippen LogP contribution in [-0.4, -0.2) is 22.9 Å². The van der Waals surface area contributed by atoms with Crippen LogP contribution in [0.25, 0.3) is 0 Å². The van der Waals surface area contributed by atoms with Crippen molar-refractivity contribution >= 4 is 5.78 Å². The van der Waals surface area contributed by atoms with Gasteiger partial charge in [0.05, 0.1) is 7.11 Å². The van der Waals surface area contributed by atoms with Gasteiger partial charge in [-0.1, -0.05) is 30.3 Å².